The second-order valence-corrected chi connectivity index (χ2v) is 10.9. The summed E-state index contributed by atoms with van der Waals surface area (Å²) >= 11 is 6.42. The molecule has 5 heterocycles. The van der Waals surface area contributed by atoms with E-state index in [0.717, 1.165) is 86.8 Å². The quantitative estimate of drug-likeness (QED) is 0.571. The zero-order valence-corrected chi connectivity index (χ0v) is 20.1. The molecule has 3 aromatic rings. The van der Waals surface area contributed by atoms with Crippen LogP contribution in [0.5, 0.6) is 0 Å². The van der Waals surface area contributed by atoms with E-state index < -0.39 is 0 Å². The monoisotopic (exact) mass is 477 g/mol. The average molecular weight is 478 g/mol. The lowest BCUT2D eigenvalue weighted by Gasteiger charge is -2.59. The van der Waals surface area contributed by atoms with E-state index >= 15 is 0 Å². The molecule has 0 unspecified atom stereocenters. The lowest BCUT2D eigenvalue weighted by atomic mass is 9.57. The van der Waals surface area contributed by atoms with Gasteiger partial charge in [-0.15, -0.1) is 10.2 Å². The van der Waals surface area contributed by atoms with Gasteiger partial charge in [0.1, 0.15) is 11.6 Å². The highest BCUT2D eigenvalue weighted by molar-refractivity contribution is 6.30. The molecule has 8 nitrogen and oxygen atoms in total. The fourth-order valence-corrected chi connectivity index (χ4v) is 6.53. The first-order chi connectivity index (χ1) is 16.6. The van der Waals surface area contributed by atoms with Crippen molar-refractivity contribution in [2.24, 2.45) is 5.41 Å². The Balaban J connectivity index is 1.14. The number of ether oxygens (including phenoxy) is 1. The van der Waals surface area contributed by atoms with Crippen LogP contribution in [0.4, 0.5) is 5.82 Å². The molecule has 1 aromatic carbocycles. The van der Waals surface area contributed by atoms with E-state index in [1.54, 1.807) is 6.20 Å². The van der Waals surface area contributed by atoms with Crippen LogP contribution >= 0.6 is 11.6 Å². The van der Waals surface area contributed by atoms with Gasteiger partial charge in [0.05, 0.1) is 30.7 Å². The van der Waals surface area contributed by atoms with Crippen molar-refractivity contribution in [2.75, 3.05) is 31.2 Å². The third-order valence-electron chi connectivity index (χ3n) is 8.02. The van der Waals surface area contributed by atoms with Crippen molar-refractivity contribution in [1.29, 1.82) is 0 Å². The second-order valence-electron chi connectivity index (χ2n) is 10.5. The van der Waals surface area contributed by atoms with Crippen LogP contribution < -0.4 is 4.90 Å². The lowest BCUT2D eigenvalue weighted by molar-refractivity contribution is 0.0580. The average Bonchev–Trinajstić information content (AvgIpc) is 3.40. The van der Waals surface area contributed by atoms with Gasteiger partial charge in [0.2, 0.25) is 0 Å². The molecular weight excluding hydrogens is 450 g/mol. The molecule has 3 fully saturated rings. The Morgan fingerprint density at radius 3 is 2.79 bits per heavy atom. The third kappa shape index (κ3) is 3.34. The van der Waals surface area contributed by atoms with Crippen LogP contribution in [-0.4, -0.2) is 62.0 Å². The van der Waals surface area contributed by atoms with Crippen molar-refractivity contribution >= 4 is 17.4 Å². The van der Waals surface area contributed by atoms with Gasteiger partial charge < -0.3 is 9.64 Å². The van der Waals surface area contributed by atoms with Gasteiger partial charge in [0, 0.05) is 54.8 Å². The maximum absolute atomic E-state index is 6.42. The van der Waals surface area contributed by atoms with E-state index in [4.69, 9.17) is 26.5 Å². The van der Waals surface area contributed by atoms with Gasteiger partial charge in [-0.1, -0.05) is 11.6 Å². The van der Waals surface area contributed by atoms with Crippen molar-refractivity contribution in [3.05, 3.63) is 58.5 Å². The molecular formula is C25H28ClN7O. The maximum Gasteiger partial charge on any atom is 0.151 e. The Morgan fingerprint density at radius 1 is 1.12 bits per heavy atom. The van der Waals surface area contributed by atoms with Crippen LogP contribution in [0.25, 0.3) is 5.69 Å². The number of benzene rings is 1. The molecule has 1 saturated carbocycles. The Bertz CT molecular complexity index is 1240. The first-order valence-corrected chi connectivity index (χ1v) is 12.5. The minimum absolute atomic E-state index is 0.364. The third-order valence-corrected chi connectivity index (χ3v) is 8.26. The van der Waals surface area contributed by atoms with Crippen LogP contribution in [0.15, 0.2) is 30.6 Å². The van der Waals surface area contributed by atoms with Crippen molar-refractivity contribution in [2.45, 2.75) is 51.2 Å². The van der Waals surface area contributed by atoms with Gasteiger partial charge >= 0.3 is 0 Å². The van der Waals surface area contributed by atoms with Gasteiger partial charge in [0.15, 0.2) is 5.82 Å². The fraction of sp³-hybridized carbons (Fsp3) is 0.520. The maximum atomic E-state index is 6.42. The first-order valence-electron chi connectivity index (χ1n) is 12.2. The SMILES string of the molecule is Cc1cncc(N2CC3(CC(c4nnc5n4-c4ccc(Cl)cc4CN([C@@H]4CCOC4)C5)C3)C2)n1. The highest BCUT2D eigenvalue weighted by Gasteiger charge is 2.54. The molecule has 0 radical (unpaired) electrons. The summed E-state index contributed by atoms with van der Waals surface area (Å²) in [6.45, 7) is 7.34. The molecule has 7 rings (SSSR count). The highest BCUT2D eigenvalue weighted by atomic mass is 35.5. The number of anilines is 1. The normalized spacial score (nSPS) is 23.8. The summed E-state index contributed by atoms with van der Waals surface area (Å²) in [6.07, 6.45) is 7.02. The molecule has 34 heavy (non-hydrogen) atoms. The van der Waals surface area contributed by atoms with Crippen LogP contribution in [0.3, 0.4) is 0 Å². The van der Waals surface area contributed by atoms with Crippen LogP contribution in [-0.2, 0) is 17.8 Å². The Morgan fingerprint density at radius 2 is 2.00 bits per heavy atom. The fourth-order valence-electron chi connectivity index (χ4n) is 6.34. The van der Waals surface area contributed by atoms with Gasteiger partial charge in [-0.2, -0.15) is 0 Å². The smallest absolute Gasteiger partial charge is 0.151 e. The molecule has 1 atom stereocenters. The summed E-state index contributed by atoms with van der Waals surface area (Å²) in [5, 5.41) is 10.2. The summed E-state index contributed by atoms with van der Waals surface area (Å²) in [4.78, 5) is 13.8. The van der Waals surface area contributed by atoms with Crippen LogP contribution in [0.2, 0.25) is 5.02 Å². The molecule has 0 amide bonds. The van der Waals surface area contributed by atoms with Gasteiger partial charge in [0.25, 0.3) is 0 Å². The second kappa shape index (κ2) is 7.73. The molecule has 4 aliphatic rings. The molecule has 0 bridgehead atoms. The number of aryl methyl sites for hydroxylation is 1. The van der Waals surface area contributed by atoms with Gasteiger partial charge in [-0.05, 0) is 49.9 Å². The van der Waals surface area contributed by atoms with E-state index in [-0.39, 0.29) is 0 Å². The molecule has 0 N–H and O–H groups in total. The van der Waals surface area contributed by atoms with E-state index in [1.807, 2.05) is 19.2 Å². The Hall–Kier alpha value is -2.55. The van der Waals surface area contributed by atoms with Crippen LogP contribution in [0, 0.1) is 12.3 Å². The van der Waals surface area contributed by atoms with E-state index in [2.05, 4.69) is 36.5 Å². The van der Waals surface area contributed by atoms with Crippen molar-refractivity contribution in [3.8, 4) is 5.69 Å². The van der Waals surface area contributed by atoms with E-state index in [0.29, 0.717) is 17.4 Å². The highest BCUT2D eigenvalue weighted by Crippen LogP contribution is 2.56. The molecule has 9 heteroatoms. The predicted molar refractivity (Wildman–Crippen MR) is 128 cm³/mol. The van der Waals surface area contributed by atoms with Gasteiger partial charge in [-0.25, -0.2) is 4.98 Å². The lowest BCUT2D eigenvalue weighted by Crippen LogP contribution is -2.62. The minimum Gasteiger partial charge on any atom is -0.380 e. The van der Waals surface area contributed by atoms with Crippen molar-refractivity contribution in [3.63, 3.8) is 0 Å². The predicted octanol–water partition coefficient (Wildman–Crippen LogP) is 3.51. The van der Waals surface area contributed by atoms with Gasteiger partial charge in [-0.3, -0.25) is 14.5 Å². The van der Waals surface area contributed by atoms with E-state index in [1.165, 1.54) is 11.3 Å². The number of fused-ring (bicyclic) bond motifs is 3. The zero-order chi connectivity index (χ0) is 22.9. The summed E-state index contributed by atoms with van der Waals surface area (Å²) < 4.78 is 8.01. The van der Waals surface area contributed by atoms with E-state index in [9.17, 15) is 0 Å². The standard InChI is InChI=1S/C25H28ClN7O/c1-16-9-27-10-22(28-16)32-14-25(15-32)7-18(8-25)24-30-29-23-12-31(20-4-5-34-13-20)11-17-6-19(26)2-3-21(17)33(23)24/h2-3,6,9-10,18,20H,4-5,7-8,11-15H2,1H3/t20-/m1/s1. The summed E-state index contributed by atoms with van der Waals surface area (Å²) in [6, 6.07) is 6.64. The minimum atomic E-state index is 0.364. The summed E-state index contributed by atoms with van der Waals surface area (Å²) in [5.74, 6) is 3.54. The number of halogens is 1. The molecule has 176 valence electrons. The molecule has 3 aliphatic heterocycles. The number of hydrogen-bond acceptors (Lipinski definition) is 7. The number of hydrogen-bond donors (Lipinski definition) is 0. The van der Waals surface area contributed by atoms with Crippen molar-refractivity contribution < 1.29 is 4.74 Å². The Kier molecular flexibility index (Phi) is 4.73. The zero-order valence-electron chi connectivity index (χ0n) is 19.3. The van der Waals surface area contributed by atoms with Crippen LogP contribution in [0.1, 0.15) is 48.1 Å². The number of nitrogens with zero attached hydrogens (tertiary/aromatic N) is 7. The number of rotatable bonds is 3. The molecule has 2 saturated heterocycles. The molecule has 1 aliphatic carbocycles. The topological polar surface area (TPSA) is 72.2 Å². The largest absolute Gasteiger partial charge is 0.380 e. The van der Waals surface area contributed by atoms with Crippen molar-refractivity contribution in [1.82, 2.24) is 29.6 Å². The molecule has 1 spiro atoms. The molecule has 2 aromatic heterocycles. The first kappa shape index (κ1) is 20.8. The summed E-state index contributed by atoms with van der Waals surface area (Å²) in [7, 11) is 0. The Labute approximate surface area is 203 Å². The number of aromatic nitrogens is 5. The summed E-state index contributed by atoms with van der Waals surface area (Å²) in [5.41, 5.74) is 3.74.